The van der Waals surface area contributed by atoms with Crippen molar-refractivity contribution >= 4 is 17.6 Å². The Morgan fingerprint density at radius 3 is 2.29 bits per heavy atom. The fourth-order valence-electron chi connectivity index (χ4n) is 2.88. The molecule has 0 radical (unpaired) electrons. The van der Waals surface area contributed by atoms with E-state index in [0.717, 1.165) is 11.1 Å². The van der Waals surface area contributed by atoms with Gasteiger partial charge in [0.05, 0.1) is 31.0 Å². The molecule has 0 atom stereocenters. The van der Waals surface area contributed by atoms with Gasteiger partial charge in [-0.25, -0.2) is 9.59 Å². The zero-order chi connectivity index (χ0) is 20.3. The summed E-state index contributed by atoms with van der Waals surface area (Å²) < 4.78 is 11.1. The second-order valence-corrected chi connectivity index (χ2v) is 5.90. The molecule has 0 fully saturated rings. The molecular weight excluding hydrogens is 358 g/mol. The highest BCUT2D eigenvalue weighted by molar-refractivity contribution is 5.96. The number of nitriles is 1. The van der Waals surface area contributed by atoms with E-state index in [1.807, 2.05) is 24.3 Å². The van der Waals surface area contributed by atoms with Crippen LogP contribution in [0.3, 0.4) is 0 Å². The Labute approximate surface area is 161 Å². The van der Waals surface area contributed by atoms with Crippen molar-refractivity contribution in [2.45, 2.75) is 0 Å². The highest BCUT2D eigenvalue weighted by Crippen LogP contribution is 2.27. The number of nitrogens with two attached hydrogens (primary N) is 1. The fraction of sp³-hybridized carbons (Fsp3) is 0.0952. The number of anilines is 1. The number of benzene rings is 2. The van der Waals surface area contributed by atoms with Gasteiger partial charge in [-0.3, -0.25) is 0 Å². The summed E-state index contributed by atoms with van der Waals surface area (Å²) in [6, 6.07) is 16.3. The van der Waals surface area contributed by atoms with Crippen molar-refractivity contribution in [1.29, 1.82) is 5.26 Å². The van der Waals surface area contributed by atoms with E-state index in [0.29, 0.717) is 11.3 Å². The lowest BCUT2D eigenvalue weighted by atomic mass is 10.0. The number of nitrogens with zero attached hydrogens (tertiary/aromatic N) is 2. The molecule has 2 aromatic carbocycles. The maximum Gasteiger partial charge on any atom is 0.357 e. The van der Waals surface area contributed by atoms with Gasteiger partial charge in [-0.2, -0.15) is 5.26 Å². The first-order valence-electron chi connectivity index (χ1n) is 8.28. The van der Waals surface area contributed by atoms with Crippen molar-refractivity contribution in [2.75, 3.05) is 20.0 Å². The van der Waals surface area contributed by atoms with Crippen LogP contribution in [0.5, 0.6) is 0 Å². The fourth-order valence-corrected chi connectivity index (χ4v) is 2.88. The van der Waals surface area contributed by atoms with Crippen LogP contribution in [0, 0.1) is 11.3 Å². The van der Waals surface area contributed by atoms with Gasteiger partial charge in [0, 0.05) is 11.9 Å². The average Bonchev–Trinajstić information content (AvgIpc) is 3.09. The molecule has 7 nitrogen and oxygen atoms in total. The topological polar surface area (TPSA) is 107 Å². The second kappa shape index (κ2) is 7.68. The lowest BCUT2D eigenvalue weighted by molar-refractivity contribution is 0.0587. The molecule has 0 aliphatic carbocycles. The van der Waals surface area contributed by atoms with E-state index >= 15 is 0 Å². The molecule has 3 rings (SSSR count). The predicted octanol–water partition coefficient (Wildman–Crippen LogP) is 3.17. The molecule has 3 aromatic rings. The minimum absolute atomic E-state index is 0.0733. The summed E-state index contributed by atoms with van der Waals surface area (Å²) in [5, 5.41) is 9.21. The molecule has 28 heavy (non-hydrogen) atoms. The first-order chi connectivity index (χ1) is 13.5. The Bertz CT molecular complexity index is 1090. The number of carbonyl (C=O) groups is 2. The van der Waals surface area contributed by atoms with Crippen LogP contribution in [0.2, 0.25) is 0 Å². The molecule has 0 aliphatic heterocycles. The molecule has 0 aliphatic rings. The van der Waals surface area contributed by atoms with E-state index in [2.05, 4.69) is 0 Å². The quantitative estimate of drug-likeness (QED) is 0.702. The minimum atomic E-state index is -0.631. The third-order valence-electron chi connectivity index (χ3n) is 4.31. The van der Waals surface area contributed by atoms with Crippen LogP contribution in [0.4, 0.5) is 5.69 Å². The molecule has 7 heteroatoms. The van der Waals surface area contributed by atoms with Gasteiger partial charge in [0.1, 0.15) is 6.07 Å². The van der Waals surface area contributed by atoms with E-state index in [1.54, 1.807) is 30.3 Å². The van der Waals surface area contributed by atoms with Crippen molar-refractivity contribution in [3.05, 3.63) is 71.5 Å². The van der Waals surface area contributed by atoms with Crippen molar-refractivity contribution in [1.82, 2.24) is 4.57 Å². The Hall–Kier alpha value is -4.05. The highest BCUT2D eigenvalue weighted by atomic mass is 16.5. The molecule has 0 bridgehead atoms. The first-order valence-corrected chi connectivity index (χ1v) is 8.28. The van der Waals surface area contributed by atoms with Crippen LogP contribution in [-0.4, -0.2) is 30.7 Å². The number of nitrogen functional groups attached to an aromatic ring is 1. The van der Waals surface area contributed by atoms with E-state index in [9.17, 15) is 14.9 Å². The van der Waals surface area contributed by atoms with Crippen molar-refractivity contribution in [2.24, 2.45) is 0 Å². The van der Waals surface area contributed by atoms with Gasteiger partial charge in [0.15, 0.2) is 5.69 Å². The number of rotatable bonds is 4. The molecule has 0 saturated carbocycles. The highest BCUT2D eigenvalue weighted by Gasteiger charge is 2.21. The maximum atomic E-state index is 12.1. The summed E-state index contributed by atoms with van der Waals surface area (Å²) in [6.45, 7) is 0. The van der Waals surface area contributed by atoms with Gasteiger partial charge in [-0.1, -0.05) is 24.3 Å². The molecule has 0 spiro atoms. The molecular formula is C21H17N3O4. The number of methoxy groups -OCH3 is 2. The van der Waals surface area contributed by atoms with Crippen molar-refractivity contribution < 1.29 is 19.1 Å². The van der Waals surface area contributed by atoms with Crippen LogP contribution in [-0.2, 0) is 9.47 Å². The molecule has 0 saturated heterocycles. The smallest absolute Gasteiger partial charge is 0.357 e. The second-order valence-electron chi connectivity index (χ2n) is 5.90. The van der Waals surface area contributed by atoms with Crippen LogP contribution in [0.1, 0.15) is 26.4 Å². The lowest BCUT2D eigenvalue weighted by Gasteiger charge is -2.10. The van der Waals surface area contributed by atoms with E-state index < -0.39 is 11.9 Å². The Balaban J connectivity index is 2.02. The van der Waals surface area contributed by atoms with Crippen LogP contribution >= 0.6 is 0 Å². The third-order valence-corrected chi connectivity index (χ3v) is 4.31. The van der Waals surface area contributed by atoms with E-state index in [1.165, 1.54) is 25.0 Å². The molecule has 0 amide bonds. The normalized spacial score (nSPS) is 10.2. The monoisotopic (exact) mass is 375 g/mol. The number of carbonyl (C=O) groups excluding carboxylic acids is 2. The van der Waals surface area contributed by atoms with Crippen molar-refractivity contribution in [3.8, 4) is 22.9 Å². The summed E-state index contributed by atoms with van der Waals surface area (Å²) in [5.74, 6) is -1.04. The summed E-state index contributed by atoms with van der Waals surface area (Å²) in [6.07, 6.45) is 1.49. The van der Waals surface area contributed by atoms with Crippen LogP contribution in [0.25, 0.3) is 16.8 Å². The number of hydrogen-bond acceptors (Lipinski definition) is 6. The maximum absolute atomic E-state index is 12.1. The molecule has 1 heterocycles. The summed E-state index contributed by atoms with van der Waals surface area (Å²) >= 11 is 0. The van der Waals surface area contributed by atoms with Crippen LogP contribution in [0.15, 0.2) is 54.7 Å². The van der Waals surface area contributed by atoms with Gasteiger partial charge in [0.2, 0.25) is 0 Å². The van der Waals surface area contributed by atoms with Gasteiger partial charge in [-0.15, -0.1) is 0 Å². The average molecular weight is 375 g/mol. The zero-order valence-corrected chi connectivity index (χ0v) is 15.3. The van der Waals surface area contributed by atoms with Gasteiger partial charge >= 0.3 is 11.9 Å². The Morgan fingerprint density at radius 2 is 1.68 bits per heavy atom. The third kappa shape index (κ3) is 3.31. The molecule has 1 aromatic heterocycles. The number of esters is 2. The summed E-state index contributed by atoms with van der Waals surface area (Å²) in [7, 11) is 2.59. The number of aromatic nitrogens is 1. The predicted molar refractivity (Wildman–Crippen MR) is 103 cm³/mol. The Morgan fingerprint density at radius 1 is 1.00 bits per heavy atom. The SMILES string of the molecule is COC(=O)c1cccc(-c2ccc(-n3cc(C#N)c(N)c3C(=O)OC)cc2)c1. The van der Waals surface area contributed by atoms with E-state index in [4.69, 9.17) is 15.2 Å². The summed E-state index contributed by atoms with van der Waals surface area (Å²) in [5.41, 5.74) is 9.08. The molecule has 0 unspecified atom stereocenters. The van der Waals surface area contributed by atoms with E-state index in [-0.39, 0.29) is 16.9 Å². The standard InChI is InChI=1S/C21H17N3O4/c1-27-20(25)15-5-3-4-14(10-15)13-6-8-17(9-7-13)24-12-16(11-22)18(23)19(24)21(26)28-2/h3-10,12H,23H2,1-2H3. The number of ether oxygens (including phenoxy) is 2. The Kier molecular flexibility index (Phi) is 5.14. The van der Waals surface area contributed by atoms with Gasteiger partial charge in [0.25, 0.3) is 0 Å². The zero-order valence-electron chi connectivity index (χ0n) is 15.3. The largest absolute Gasteiger partial charge is 0.465 e. The van der Waals surface area contributed by atoms with Crippen molar-refractivity contribution in [3.63, 3.8) is 0 Å². The lowest BCUT2D eigenvalue weighted by Crippen LogP contribution is -2.11. The minimum Gasteiger partial charge on any atom is -0.465 e. The molecule has 140 valence electrons. The van der Waals surface area contributed by atoms with Gasteiger partial charge < -0.3 is 19.8 Å². The summed E-state index contributed by atoms with van der Waals surface area (Å²) in [4.78, 5) is 23.8. The molecule has 2 N–H and O–H groups in total. The van der Waals surface area contributed by atoms with Crippen LogP contribution < -0.4 is 5.73 Å². The number of hydrogen-bond donors (Lipinski definition) is 1. The first kappa shape index (κ1) is 18.7. The van der Waals surface area contributed by atoms with Gasteiger partial charge in [-0.05, 0) is 35.4 Å².